The Morgan fingerprint density at radius 1 is 1.10 bits per heavy atom. The van der Waals surface area contributed by atoms with Gasteiger partial charge in [-0.2, -0.15) is 0 Å². The van der Waals surface area contributed by atoms with Crippen LogP contribution in [0.3, 0.4) is 0 Å². The van der Waals surface area contributed by atoms with Crippen LogP contribution >= 0.6 is 0 Å². The molecule has 2 heteroatoms. The minimum atomic E-state index is 0.276. The van der Waals surface area contributed by atoms with E-state index in [-0.39, 0.29) is 5.41 Å². The van der Waals surface area contributed by atoms with E-state index in [9.17, 15) is 0 Å². The van der Waals surface area contributed by atoms with Gasteiger partial charge in [-0.3, -0.25) is 0 Å². The Morgan fingerprint density at radius 3 is 2.25 bits per heavy atom. The molecule has 20 heavy (non-hydrogen) atoms. The molecule has 0 bridgehead atoms. The summed E-state index contributed by atoms with van der Waals surface area (Å²) < 4.78 is 0. The largest absolute Gasteiger partial charge is 0.385 e. The second kappa shape index (κ2) is 6.62. The summed E-state index contributed by atoms with van der Waals surface area (Å²) in [6, 6.07) is 9.43. The first-order valence-corrected chi connectivity index (χ1v) is 8.11. The van der Waals surface area contributed by atoms with Crippen LogP contribution in [0.5, 0.6) is 0 Å². The SMILES string of the molecule is CCC(C)(C)c1ccc(NC[C@H]2CC[C@H](N)CC2)cc1. The van der Waals surface area contributed by atoms with Crippen molar-refractivity contribution in [2.45, 2.75) is 64.3 Å². The van der Waals surface area contributed by atoms with E-state index in [0.717, 1.165) is 12.5 Å². The number of nitrogens with two attached hydrogens (primary N) is 1. The number of hydrogen-bond acceptors (Lipinski definition) is 2. The van der Waals surface area contributed by atoms with Gasteiger partial charge in [0.05, 0.1) is 0 Å². The first-order chi connectivity index (χ1) is 9.51. The lowest BCUT2D eigenvalue weighted by molar-refractivity contribution is 0.339. The standard InChI is InChI=1S/C18H30N2/c1-4-18(2,3)15-7-11-17(12-8-15)20-13-14-5-9-16(19)10-6-14/h7-8,11-12,14,16,20H,4-6,9-10,13,19H2,1-3H3/t14-,16-. The van der Waals surface area contributed by atoms with E-state index in [0.29, 0.717) is 6.04 Å². The summed E-state index contributed by atoms with van der Waals surface area (Å²) in [5, 5.41) is 3.59. The zero-order chi connectivity index (χ0) is 14.6. The molecule has 0 unspecified atom stereocenters. The van der Waals surface area contributed by atoms with Crippen molar-refractivity contribution in [3.63, 3.8) is 0 Å². The van der Waals surface area contributed by atoms with Crippen LogP contribution in [0.4, 0.5) is 5.69 Å². The van der Waals surface area contributed by atoms with E-state index in [1.54, 1.807) is 0 Å². The number of hydrogen-bond donors (Lipinski definition) is 2. The van der Waals surface area contributed by atoms with E-state index in [1.807, 2.05) is 0 Å². The summed E-state index contributed by atoms with van der Waals surface area (Å²) in [6.45, 7) is 7.95. The molecule has 1 aliphatic rings. The molecule has 1 aromatic rings. The highest BCUT2D eigenvalue weighted by Crippen LogP contribution is 2.28. The van der Waals surface area contributed by atoms with Crippen LogP contribution in [-0.4, -0.2) is 12.6 Å². The van der Waals surface area contributed by atoms with Crippen LogP contribution in [0, 0.1) is 5.92 Å². The third kappa shape index (κ3) is 3.99. The maximum Gasteiger partial charge on any atom is 0.0340 e. The third-order valence-electron chi connectivity index (χ3n) is 5.04. The van der Waals surface area contributed by atoms with Gasteiger partial charge in [0.1, 0.15) is 0 Å². The molecule has 0 heterocycles. The molecular formula is C18H30N2. The Balaban J connectivity index is 1.85. The molecule has 0 aliphatic heterocycles. The monoisotopic (exact) mass is 274 g/mol. The summed E-state index contributed by atoms with van der Waals surface area (Å²) in [5.41, 5.74) is 8.90. The first-order valence-electron chi connectivity index (χ1n) is 8.11. The maximum absolute atomic E-state index is 5.95. The topological polar surface area (TPSA) is 38.0 Å². The van der Waals surface area contributed by atoms with Crippen LogP contribution in [-0.2, 0) is 5.41 Å². The Hall–Kier alpha value is -1.02. The predicted octanol–water partition coefficient (Wildman–Crippen LogP) is 4.30. The van der Waals surface area contributed by atoms with Gasteiger partial charge < -0.3 is 11.1 Å². The van der Waals surface area contributed by atoms with Crippen LogP contribution in [0.15, 0.2) is 24.3 Å². The van der Waals surface area contributed by atoms with Crippen molar-refractivity contribution in [1.29, 1.82) is 0 Å². The molecule has 1 fully saturated rings. The molecule has 0 spiro atoms. The normalized spacial score (nSPS) is 23.6. The van der Waals surface area contributed by atoms with Crippen molar-refractivity contribution < 1.29 is 0 Å². The van der Waals surface area contributed by atoms with Crippen molar-refractivity contribution in [2.24, 2.45) is 11.7 Å². The van der Waals surface area contributed by atoms with E-state index in [4.69, 9.17) is 5.73 Å². The van der Waals surface area contributed by atoms with Crippen molar-refractivity contribution >= 4 is 5.69 Å². The highest BCUT2D eigenvalue weighted by atomic mass is 14.9. The van der Waals surface area contributed by atoms with Crippen LogP contribution in [0.25, 0.3) is 0 Å². The third-order valence-corrected chi connectivity index (χ3v) is 5.04. The van der Waals surface area contributed by atoms with Gasteiger partial charge in [0.15, 0.2) is 0 Å². The smallest absolute Gasteiger partial charge is 0.0340 e. The molecule has 0 amide bonds. The predicted molar refractivity (Wildman–Crippen MR) is 88.2 cm³/mol. The maximum atomic E-state index is 5.95. The number of nitrogens with one attached hydrogen (secondary N) is 1. The lowest BCUT2D eigenvalue weighted by Crippen LogP contribution is -2.29. The summed E-state index contributed by atoms with van der Waals surface area (Å²) in [7, 11) is 0. The van der Waals surface area contributed by atoms with Crippen LogP contribution in [0.1, 0.15) is 58.4 Å². The lowest BCUT2D eigenvalue weighted by atomic mass is 9.82. The van der Waals surface area contributed by atoms with Crippen molar-refractivity contribution in [3.05, 3.63) is 29.8 Å². The van der Waals surface area contributed by atoms with Gasteiger partial charge in [-0.15, -0.1) is 0 Å². The molecule has 1 aliphatic carbocycles. The molecule has 3 N–H and O–H groups in total. The zero-order valence-electron chi connectivity index (χ0n) is 13.3. The fourth-order valence-corrected chi connectivity index (χ4v) is 2.90. The van der Waals surface area contributed by atoms with Gasteiger partial charge in [-0.1, -0.05) is 32.9 Å². The van der Waals surface area contributed by atoms with Crippen molar-refractivity contribution in [2.75, 3.05) is 11.9 Å². The number of anilines is 1. The quantitative estimate of drug-likeness (QED) is 0.840. The van der Waals surface area contributed by atoms with E-state index < -0.39 is 0 Å². The zero-order valence-corrected chi connectivity index (χ0v) is 13.3. The summed E-state index contributed by atoms with van der Waals surface area (Å²) in [6.07, 6.45) is 6.10. The highest BCUT2D eigenvalue weighted by Gasteiger charge is 2.19. The molecule has 0 aromatic heterocycles. The van der Waals surface area contributed by atoms with Gasteiger partial charge in [0, 0.05) is 18.3 Å². The molecule has 2 nitrogen and oxygen atoms in total. The van der Waals surface area contributed by atoms with Crippen LogP contribution < -0.4 is 11.1 Å². The Labute approximate surface area is 124 Å². The molecule has 112 valence electrons. The molecule has 0 atom stereocenters. The lowest BCUT2D eigenvalue weighted by Gasteiger charge is -2.27. The van der Waals surface area contributed by atoms with Gasteiger partial charge >= 0.3 is 0 Å². The van der Waals surface area contributed by atoms with Gasteiger partial charge in [-0.25, -0.2) is 0 Å². The highest BCUT2D eigenvalue weighted by molar-refractivity contribution is 5.45. The second-order valence-electron chi connectivity index (χ2n) is 6.98. The molecule has 2 rings (SSSR count). The van der Waals surface area contributed by atoms with E-state index in [2.05, 4.69) is 50.4 Å². The Bertz CT molecular complexity index is 400. The van der Waals surface area contributed by atoms with Crippen LogP contribution in [0.2, 0.25) is 0 Å². The van der Waals surface area contributed by atoms with E-state index >= 15 is 0 Å². The van der Waals surface area contributed by atoms with Gasteiger partial charge in [0.25, 0.3) is 0 Å². The molecule has 1 saturated carbocycles. The fraction of sp³-hybridized carbons (Fsp3) is 0.667. The summed E-state index contributed by atoms with van der Waals surface area (Å²) in [4.78, 5) is 0. The van der Waals surface area contributed by atoms with Crippen molar-refractivity contribution in [3.8, 4) is 0 Å². The minimum absolute atomic E-state index is 0.276. The molecule has 0 radical (unpaired) electrons. The minimum Gasteiger partial charge on any atom is -0.385 e. The fourth-order valence-electron chi connectivity index (χ4n) is 2.90. The average molecular weight is 274 g/mol. The average Bonchev–Trinajstić information content (AvgIpc) is 2.47. The first kappa shape index (κ1) is 15.4. The number of benzene rings is 1. The second-order valence-corrected chi connectivity index (χ2v) is 6.98. The Kier molecular flexibility index (Phi) is 5.09. The molecule has 0 saturated heterocycles. The van der Waals surface area contributed by atoms with Gasteiger partial charge in [-0.05, 0) is 61.1 Å². The summed E-state index contributed by atoms with van der Waals surface area (Å²) in [5.74, 6) is 0.793. The summed E-state index contributed by atoms with van der Waals surface area (Å²) >= 11 is 0. The van der Waals surface area contributed by atoms with Crippen molar-refractivity contribution in [1.82, 2.24) is 0 Å². The number of rotatable bonds is 5. The van der Waals surface area contributed by atoms with Gasteiger partial charge in [0.2, 0.25) is 0 Å². The molecule has 1 aromatic carbocycles. The molecular weight excluding hydrogens is 244 g/mol. The Morgan fingerprint density at radius 2 is 1.70 bits per heavy atom. The van der Waals surface area contributed by atoms with E-state index in [1.165, 1.54) is 43.4 Å².